The number of phenolic OH excluding ortho intramolecular Hbond substituents is 1. The molecule has 1 atom stereocenters. The highest BCUT2D eigenvalue weighted by Crippen LogP contribution is 2.22. The molecule has 0 saturated carbocycles. The molecular formula is C16H16INO2. The Labute approximate surface area is 132 Å². The number of nitrogens with one attached hydrogen (secondary N) is 1. The highest BCUT2D eigenvalue weighted by atomic mass is 127. The van der Waals surface area contributed by atoms with Gasteiger partial charge in [0.25, 0.3) is 5.91 Å². The van der Waals surface area contributed by atoms with Crippen molar-refractivity contribution in [3.8, 4) is 5.75 Å². The Kier molecular flexibility index (Phi) is 5.00. The SMILES string of the molecule is CCC(NC(=O)c1cc(I)ccc1O)c1ccccc1. The van der Waals surface area contributed by atoms with Crippen LogP contribution in [0.3, 0.4) is 0 Å². The first kappa shape index (κ1) is 14.8. The third kappa shape index (κ3) is 3.50. The number of aromatic hydroxyl groups is 1. The Morgan fingerprint density at radius 3 is 2.60 bits per heavy atom. The topological polar surface area (TPSA) is 49.3 Å². The van der Waals surface area contributed by atoms with Gasteiger partial charge in [0.2, 0.25) is 0 Å². The van der Waals surface area contributed by atoms with Crippen LogP contribution in [-0.2, 0) is 0 Å². The van der Waals surface area contributed by atoms with Gasteiger partial charge in [-0.25, -0.2) is 0 Å². The van der Waals surface area contributed by atoms with Gasteiger partial charge < -0.3 is 10.4 Å². The molecule has 0 aliphatic heterocycles. The van der Waals surface area contributed by atoms with E-state index in [1.54, 1.807) is 18.2 Å². The number of benzene rings is 2. The number of rotatable bonds is 4. The normalized spacial score (nSPS) is 11.9. The van der Waals surface area contributed by atoms with Gasteiger partial charge in [-0.05, 0) is 52.8 Å². The molecular weight excluding hydrogens is 365 g/mol. The predicted molar refractivity (Wildman–Crippen MR) is 87.8 cm³/mol. The molecule has 2 rings (SSSR count). The van der Waals surface area contributed by atoms with Gasteiger partial charge in [-0.15, -0.1) is 0 Å². The van der Waals surface area contributed by atoms with Gasteiger partial charge in [0.15, 0.2) is 0 Å². The Morgan fingerprint density at radius 2 is 1.95 bits per heavy atom. The second kappa shape index (κ2) is 6.74. The van der Waals surface area contributed by atoms with E-state index < -0.39 is 0 Å². The lowest BCUT2D eigenvalue weighted by atomic mass is 10.0. The summed E-state index contributed by atoms with van der Waals surface area (Å²) in [5.41, 5.74) is 1.37. The lowest BCUT2D eigenvalue weighted by Crippen LogP contribution is -2.28. The van der Waals surface area contributed by atoms with E-state index in [9.17, 15) is 9.90 Å². The van der Waals surface area contributed by atoms with Gasteiger partial charge in [0.05, 0.1) is 11.6 Å². The summed E-state index contributed by atoms with van der Waals surface area (Å²) in [6.45, 7) is 2.02. The summed E-state index contributed by atoms with van der Waals surface area (Å²) in [7, 11) is 0. The molecule has 0 heterocycles. The van der Waals surface area contributed by atoms with Crippen molar-refractivity contribution < 1.29 is 9.90 Å². The van der Waals surface area contributed by atoms with Crippen LogP contribution in [0, 0.1) is 3.57 Å². The van der Waals surface area contributed by atoms with Crippen LogP contribution in [0.25, 0.3) is 0 Å². The first-order chi connectivity index (χ1) is 9.61. The molecule has 0 aliphatic carbocycles. The fraction of sp³-hybridized carbons (Fsp3) is 0.188. The molecule has 2 aromatic rings. The van der Waals surface area contributed by atoms with Crippen LogP contribution in [-0.4, -0.2) is 11.0 Å². The van der Waals surface area contributed by atoms with Gasteiger partial charge in [0, 0.05) is 3.57 Å². The molecule has 0 saturated heterocycles. The highest BCUT2D eigenvalue weighted by Gasteiger charge is 2.16. The zero-order chi connectivity index (χ0) is 14.5. The van der Waals surface area contributed by atoms with Gasteiger partial charge in [0.1, 0.15) is 5.75 Å². The van der Waals surface area contributed by atoms with E-state index in [0.29, 0.717) is 5.56 Å². The largest absolute Gasteiger partial charge is 0.507 e. The molecule has 20 heavy (non-hydrogen) atoms. The molecule has 104 valence electrons. The Hall–Kier alpha value is -1.56. The summed E-state index contributed by atoms with van der Waals surface area (Å²) in [5.74, 6) is -0.248. The van der Waals surface area contributed by atoms with E-state index in [0.717, 1.165) is 15.6 Å². The van der Waals surface area contributed by atoms with Crippen molar-refractivity contribution >= 4 is 28.5 Å². The van der Waals surface area contributed by atoms with Crippen LogP contribution >= 0.6 is 22.6 Å². The van der Waals surface area contributed by atoms with E-state index >= 15 is 0 Å². The second-order valence-corrected chi connectivity index (χ2v) is 5.75. The van der Waals surface area contributed by atoms with E-state index in [4.69, 9.17) is 0 Å². The first-order valence-electron chi connectivity index (χ1n) is 6.46. The van der Waals surface area contributed by atoms with E-state index in [1.807, 2.05) is 37.3 Å². The highest BCUT2D eigenvalue weighted by molar-refractivity contribution is 14.1. The third-order valence-corrected chi connectivity index (χ3v) is 3.79. The van der Waals surface area contributed by atoms with Crippen molar-refractivity contribution in [2.45, 2.75) is 19.4 Å². The number of carbonyl (C=O) groups excluding carboxylic acids is 1. The van der Waals surface area contributed by atoms with Crippen molar-refractivity contribution in [1.82, 2.24) is 5.32 Å². The molecule has 0 aliphatic rings. The zero-order valence-electron chi connectivity index (χ0n) is 11.1. The molecule has 0 spiro atoms. The molecule has 1 unspecified atom stereocenters. The standard InChI is InChI=1S/C16H16INO2/c1-2-14(11-6-4-3-5-7-11)18-16(20)13-10-12(17)8-9-15(13)19/h3-10,14,19H,2H2,1H3,(H,18,20). The summed E-state index contributed by atoms with van der Waals surface area (Å²) in [6, 6.07) is 14.8. The van der Waals surface area contributed by atoms with Crippen molar-refractivity contribution in [2.75, 3.05) is 0 Å². The van der Waals surface area contributed by atoms with Gasteiger partial charge in [-0.3, -0.25) is 4.79 Å². The van der Waals surface area contributed by atoms with Crippen LogP contribution in [0.1, 0.15) is 35.3 Å². The summed E-state index contributed by atoms with van der Waals surface area (Å²) in [6.07, 6.45) is 0.792. The number of amides is 1. The molecule has 0 bridgehead atoms. The smallest absolute Gasteiger partial charge is 0.255 e. The molecule has 1 amide bonds. The summed E-state index contributed by atoms with van der Waals surface area (Å²) < 4.78 is 0.915. The molecule has 2 aromatic carbocycles. The number of hydrogen-bond acceptors (Lipinski definition) is 2. The summed E-state index contributed by atoms with van der Waals surface area (Å²) >= 11 is 2.12. The number of hydrogen-bond donors (Lipinski definition) is 2. The predicted octanol–water partition coefficient (Wildman–Crippen LogP) is 3.88. The maximum Gasteiger partial charge on any atom is 0.255 e. The number of halogens is 1. The van der Waals surface area contributed by atoms with Crippen LogP contribution < -0.4 is 5.32 Å². The van der Waals surface area contributed by atoms with Gasteiger partial charge in [-0.2, -0.15) is 0 Å². The van der Waals surface area contributed by atoms with Crippen molar-refractivity contribution in [2.24, 2.45) is 0 Å². The lowest BCUT2D eigenvalue weighted by molar-refractivity contribution is 0.0933. The Morgan fingerprint density at radius 1 is 1.25 bits per heavy atom. The molecule has 3 nitrogen and oxygen atoms in total. The molecule has 2 N–H and O–H groups in total. The minimum absolute atomic E-state index is 0.00540. The monoisotopic (exact) mass is 381 g/mol. The fourth-order valence-electron chi connectivity index (χ4n) is 2.03. The van der Waals surface area contributed by atoms with Crippen molar-refractivity contribution in [3.05, 3.63) is 63.2 Å². The quantitative estimate of drug-likeness (QED) is 0.790. The van der Waals surface area contributed by atoms with Crippen LogP contribution in [0.4, 0.5) is 0 Å². The first-order valence-corrected chi connectivity index (χ1v) is 7.54. The van der Waals surface area contributed by atoms with E-state index in [1.165, 1.54) is 0 Å². The third-order valence-electron chi connectivity index (χ3n) is 3.12. The average Bonchev–Trinajstić information content (AvgIpc) is 2.48. The molecule has 4 heteroatoms. The maximum atomic E-state index is 12.3. The average molecular weight is 381 g/mol. The minimum Gasteiger partial charge on any atom is -0.507 e. The minimum atomic E-state index is -0.253. The summed E-state index contributed by atoms with van der Waals surface area (Å²) in [5, 5.41) is 12.8. The Bertz CT molecular complexity index is 599. The van der Waals surface area contributed by atoms with E-state index in [2.05, 4.69) is 27.9 Å². The maximum absolute atomic E-state index is 12.3. The molecule has 0 radical (unpaired) electrons. The molecule has 0 fully saturated rings. The number of carbonyl (C=O) groups is 1. The van der Waals surface area contributed by atoms with Crippen molar-refractivity contribution in [1.29, 1.82) is 0 Å². The summed E-state index contributed by atoms with van der Waals surface area (Å²) in [4.78, 5) is 12.3. The zero-order valence-corrected chi connectivity index (χ0v) is 13.3. The van der Waals surface area contributed by atoms with Gasteiger partial charge in [-0.1, -0.05) is 37.3 Å². The second-order valence-electron chi connectivity index (χ2n) is 4.51. The van der Waals surface area contributed by atoms with Gasteiger partial charge >= 0.3 is 0 Å². The van der Waals surface area contributed by atoms with E-state index in [-0.39, 0.29) is 17.7 Å². The fourth-order valence-corrected chi connectivity index (χ4v) is 2.52. The lowest BCUT2D eigenvalue weighted by Gasteiger charge is -2.18. The van der Waals surface area contributed by atoms with Crippen LogP contribution in [0.15, 0.2) is 48.5 Å². The van der Waals surface area contributed by atoms with Crippen LogP contribution in [0.5, 0.6) is 5.75 Å². The Balaban J connectivity index is 2.20. The van der Waals surface area contributed by atoms with Crippen LogP contribution in [0.2, 0.25) is 0 Å². The number of phenols is 1. The molecule has 0 aromatic heterocycles. The van der Waals surface area contributed by atoms with Crippen molar-refractivity contribution in [3.63, 3.8) is 0 Å².